The molecule has 0 atom stereocenters. The number of aldehydes is 1. The van der Waals surface area contributed by atoms with Crippen molar-refractivity contribution in [1.29, 1.82) is 0 Å². The van der Waals surface area contributed by atoms with Crippen molar-refractivity contribution in [3.8, 4) is 0 Å². The molecule has 2 heteroatoms. The van der Waals surface area contributed by atoms with E-state index < -0.39 is 0 Å². The van der Waals surface area contributed by atoms with E-state index in [1.807, 2.05) is 12.1 Å². The number of fused-ring (bicyclic) bond motifs is 1. The minimum Gasteiger partial charge on any atom is -0.370 e. The van der Waals surface area contributed by atoms with Gasteiger partial charge in [-0.25, -0.2) is 0 Å². The second kappa shape index (κ2) is 3.93. The Balaban J connectivity index is 1.87. The summed E-state index contributed by atoms with van der Waals surface area (Å²) < 4.78 is 0. The molecule has 16 heavy (non-hydrogen) atoms. The standard InChI is InChI=1S/C14H17NO/c16-10-13-6-2-5-12-7-8-15(14(12)13)9-11-3-1-4-11/h2,5-6,10-11H,1,3-4,7-9H2. The second-order valence-corrected chi connectivity index (χ2v) is 4.97. The van der Waals surface area contributed by atoms with Crippen molar-refractivity contribution in [2.75, 3.05) is 18.0 Å². The van der Waals surface area contributed by atoms with Gasteiger partial charge < -0.3 is 4.90 Å². The van der Waals surface area contributed by atoms with E-state index in [-0.39, 0.29) is 0 Å². The van der Waals surface area contributed by atoms with Crippen molar-refractivity contribution >= 4 is 12.0 Å². The van der Waals surface area contributed by atoms with E-state index >= 15 is 0 Å². The summed E-state index contributed by atoms with van der Waals surface area (Å²) in [5.74, 6) is 0.866. The maximum Gasteiger partial charge on any atom is 0.152 e. The van der Waals surface area contributed by atoms with E-state index in [1.165, 1.54) is 30.5 Å². The maximum absolute atomic E-state index is 11.1. The number of benzene rings is 1. The van der Waals surface area contributed by atoms with Gasteiger partial charge in [-0.1, -0.05) is 18.6 Å². The first-order chi connectivity index (χ1) is 7.88. The summed E-state index contributed by atoms with van der Waals surface area (Å²) in [5.41, 5.74) is 3.43. The molecule has 0 unspecified atom stereocenters. The van der Waals surface area contributed by atoms with Crippen LogP contribution in [-0.2, 0) is 6.42 Å². The number of carbonyl (C=O) groups is 1. The molecule has 0 bridgehead atoms. The molecule has 2 aliphatic rings. The molecule has 0 saturated heterocycles. The molecule has 0 N–H and O–H groups in total. The molecule has 1 aliphatic heterocycles. The molecule has 0 spiro atoms. The molecular weight excluding hydrogens is 198 g/mol. The predicted molar refractivity (Wildman–Crippen MR) is 65.1 cm³/mol. The van der Waals surface area contributed by atoms with Crippen LogP contribution >= 0.6 is 0 Å². The maximum atomic E-state index is 11.1. The number of hydrogen-bond acceptors (Lipinski definition) is 2. The minimum atomic E-state index is 0.866. The van der Waals surface area contributed by atoms with Crippen LogP contribution in [0.1, 0.15) is 35.2 Å². The Hall–Kier alpha value is -1.31. The molecule has 84 valence electrons. The van der Waals surface area contributed by atoms with Crippen LogP contribution in [0.4, 0.5) is 5.69 Å². The van der Waals surface area contributed by atoms with Crippen molar-refractivity contribution in [2.24, 2.45) is 5.92 Å². The van der Waals surface area contributed by atoms with Crippen molar-refractivity contribution in [2.45, 2.75) is 25.7 Å². The second-order valence-electron chi connectivity index (χ2n) is 4.97. The van der Waals surface area contributed by atoms with Gasteiger partial charge in [0.25, 0.3) is 0 Å². The third-order valence-electron chi connectivity index (χ3n) is 3.95. The van der Waals surface area contributed by atoms with Crippen molar-refractivity contribution in [1.82, 2.24) is 0 Å². The average molecular weight is 215 g/mol. The lowest BCUT2D eigenvalue weighted by Gasteiger charge is -2.32. The van der Waals surface area contributed by atoms with Crippen molar-refractivity contribution in [3.63, 3.8) is 0 Å². The summed E-state index contributed by atoms with van der Waals surface area (Å²) in [7, 11) is 0. The summed E-state index contributed by atoms with van der Waals surface area (Å²) in [5, 5.41) is 0. The van der Waals surface area contributed by atoms with Crippen LogP contribution in [0.25, 0.3) is 0 Å². The number of carbonyl (C=O) groups excluding carboxylic acids is 1. The van der Waals surface area contributed by atoms with E-state index in [0.717, 1.165) is 37.3 Å². The molecule has 1 aromatic rings. The van der Waals surface area contributed by atoms with Gasteiger partial charge in [-0.2, -0.15) is 0 Å². The number of nitrogens with zero attached hydrogens (tertiary/aromatic N) is 1. The van der Waals surface area contributed by atoms with E-state index in [2.05, 4.69) is 11.0 Å². The lowest BCUT2D eigenvalue weighted by molar-refractivity contribution is 0.112. The number of hydrogen-bond donors (Lipinski definition) is 0. The van der Waals surface area contributed by atoms with Gasteiger partial charge in [0.2, 0.25) is 0 Å². The first-order valence-electron chi connectivity index (χ1n) is 6.20. The topological polar surface area (TPSA) is 20.3 Å². The monoisotopic (exact) mass is 215 g/mol. The minimum absolute atomic E-state index is 0.866. The first-order valence-corrected chi connectivity index (χ1v) is 6.20. The predicted octanol–water partition coefficient (Wildman–Crippen LogP) is 2.66. The third kappa shape index (κ3) is 1.53. The number of anilines is 1. The van der Waals surface area contributed by atoms with Crippen LogP contribution in [0.15, 0.2) is 18.2 Å². The third-order valence-corrected chi connectivity index (χ3v) is 3.95. The van der Waals surface area contributed by atoms with Crippen LogP contribution in [-0.4, -0.2) is 19.4 Å². The van der Waals surface area contributed by atoms with E-state index in [1.54, 1.807) is 0 Å². The Kier molecular flexibility index (Phi) is 2.43. The summed E-state index contributed by atoms with van der Waals surface area (Å²) in [6.07, 6.45) is 6.23. The van der Waals surface area contributed by atoms with Crippen LogP contribution < -0.4 is 4.90 Å². The molecule has 1 heterocycles. The van der Waals surface area contributed by atoms with Gasteiger partial charge in [0.05, 0.1) is 5.69 Å². The van der Waals surface area contributed by atoms with E-state index in [9.17, 15) is 4.79 Å². The SMILES string of the molecule is O=Cc1cccc2c1N(CC1CCC1)CC2. The summed E-state index contributed by atoms with van der Waals surface area (Å²) in [4.78, 5) is 13.5. The molecule has 3 rings (SSSR count). The van der Waals surface area contributed by atoms with Gasteiger partial charge in [0, 0.05) is 18.7 Å². The lowest BCUT2D eigenvalue weighted by Crippen LogP contribution is -2.31. The zero-order valence-corrected chi connectivity index (χ0v) is 9.48. The molecule has 0 aromatic heterocycles. The largest absolute Gasteiger partial charge is 0.370 e. The molecule has 2 nitrogen and oxygen atoms in total. The molecule has 0 radical (unpaired) electrons. The number of rotatable bonds is 3. The zero-order valence-electron chi connectivity index (χ0n) is 9.48. The molecule has 1 saturated carbocycles. The van der Waals surface area contributed by atoms with Gasteiger partial charge in [0.1, 0.15) is 0 Å². The van der Waals surface area contributed by atoms with Crippen molar-refractivity contribution in [3.05, 3.63) is 29.3 Å². The van der Waals surface area contributed by atoms with E-state index in [4.69, 9.17) is 0 Å². The van der Waals surface area contributed by atoms with E-state index in [0.29, 0.717) is 0 Å². The number of para-hydroxylation sites is 1. The highest BCUT2D eigenvalue weighted by Crippen LogP contribution is 2.35. The zero-order chi connectivity index (χ0) is 11.0. The summed E-state index contributed by atoms with van der Waals surface area (Å²) in [6.45, 7) is 2.24. The summed E-state index contributed by atoms with van der Waals surface area (Å²) >= 11 is 0. The molecule has 1 aliphatic carbocycles. The van der Waals surface area contributed by atoms with Gasteiger partial charge in [0.15, 0.2) is 6.29 Å². The molecule has 1 aromatic carbocycles. The highest BCUT2D eigenvalue weighted by atomic mass is 16.1. The normalized spacial score (nSPS) is 19.4. The Morgan fingerprint density at radius 1 is 1.38 bits per heavy atom. The fourth-order valence-corrected chi connectivity index (χ4v) is 2.83. The van der Waals surface area contributed by atoms with Gasteiger partial charge >= 0.3 is 0 Å². The van der Waals surface area contributed by atoms with Crippen LogP contribution in [0.3, 0.4) is 0 Å². The Labute approximate surface area is 96.3 Å². The molecule has 0 amide bonds. The lowest BCUT2D eigenvalue weighted by atomic mass is 9.85. The van der Waals surface area contributed by atoms with Gasteiger partial charge in [-0.15, -0.1) is 0 Å². The fraction of sp³-hybridized carbons (Fsp3) is 0.500. The van der Waals surface area contributed by atoms with Crippen LogP contribution in [0.2, 0.25) is 0 Å². The highest BCUT2D eigenvalue weighted by molar-refractivity contribution is 5.87. The Bertz CT molecular complexity index is 409. The van der Waals surface area contributed by atoms with Crippen LogP contribution in [0.5, 0.6) is 0 Å². The van der Waals surface area contributed by atoms with Crippen molar-refractivity contribution < 1.29 is 4.79 Å². The molecule has 1 fully saturated rings. The van der Waals surface area contributed by atoms with Crippen LogP contribution in [0, 0.1) is 5.92 Å². The average Bonchev–Trinajstić information content (AvgIpc) is 2.66. The fourth-order valence-electron chi connectivity index (χ4n) is 2.83. The van der Waals surface area contributed by atoms with Gasteiger partial charge in [-0.05, 0) is 36.8 Å². The smallest absolute Gasteiger partial charge is 0.152 e. The Morgan fingerprint density at radius 3 is 2.94 bits per heavy atom. The molecular formula is C14H17NO. The summed E-state index contributed by atoms with van der Waals surface area (Å²) in [6, 6.07) is 6.09. The quantitative estimate of drug-likeness (QED) is 0.722. The first kappa shape index (κ1) is 9.88. The Morgan fingerprint density at radius 2 is 2.25 bits per heavy atom. The van der Waals surface area contributed by atoms with Gasteiger partial charge in [-0.3, -0.25) is 4.79 Å². The highest BCUT2D eigenvalue weighted by Gasteiger charge is 2.26.